The van der Waals surface area contributed by atoms with Crippen LogP contribution >= 0.6 is 11.6 Å². The zero-order chi connectivity index (χ0) is 18.5. The minimum absolute atomic E-state index is 0.365. The summed E-state index contributed by atoms with van der Waals surface area (Å²) in [7, 11) is 0. The molecule has 3 aliphatic rings. The summed E-state index contributed by atoms with van der Waals surface area (Å²) in [5.74, 6) is -0.618. The maximum Gasteiger partial charge on any atom is 0.278 e. The second-order valence-electron chi connectivity index (χ2n) is 6.30. The van der Waals surface area contributed by atoms with Gasteiger partial charge in [0.2, 0.25) is 12.0 Å². The van der Waals surface area contributed by atoms with Crippen LogP contribution in [-0.2, 0) is 14.4 Å². The minimum Gasteiger partial charge on any atom is -0.486 e. The van der Waals surface area contributed by atoms with E-state index in [-0.39, 0.29) is 0 Å². The molecule has 1 fully saturated rings. The molecule has 2 aromatic carbocycles. The lowest BCUT2D eigenvalue weighted by Gasteiger charge is -2.21. The summed E-state index contributed by atoms with van der Waals surface area (Å²) in [5.41, 5.74) is 1.35. The number of amides is 2. The SMILES string of the molecule is O=C1[C@H]2C(c3ccccc3Cl)=NO[C@@H]2C(=O)N1c1ccc2c(c1)OCCO2. The summed E-state index contributed by atoms with van der Waals surface area (Å²) >= 11 is 6.23. The molecule has 0 aliphatic carbocycles. The number of carbonyl (C=O) groups excluding carboxylic acids is 2. The number of carbonyl (C=O) groups is 2. The molecule has 3 heterocycles. The van der Waals surface area contributed by atoms with Crippen molar-refractivity contribution < 1.29 is 23.9 Å². The van der Waals surface area contributed by atoms with Crippen LogP contribution in [0, 0.1) is 5.92 Å². The zero-order valence-electron chi connectivity index (χ0n) is 13.9. The van der Waals surface area contributed by atoms with E-state index in [1.54, 1.807) is 42.5 Å². The fourth-order valence-corrected chi connectivity index (χ4v) is 3.73. The molecule has 2 amide bonds. The largest absolute Gasteiger partial charge is 0.486 e. The molecular formula is C19H13ClN2O5. The number of oxime groups is 1. The molecule has 2 atom stereocenters. The highest BCUT2D eigenvalue weighted by Crippen LogP contribution is 2.39. The van der Waals surface area contributed by atoms with Gasteiger partial charge in [-0.1, -0.05) is 35.0 Å². The Balaban J connectivity index is 1.51. The average molecular weight is 385 g/mol. The fourth-order valence-electron chi connectivity index (χ4n) is 3.49. The molecule has 0 saturated carbocycles. The third-order valence-electron chi connectivity index (χ3n) is 4.75. The Hall–Kier alpha value is -3.06. The van der Waals surface area contributed by atoms with Crippen molar-refractivity contribution in [3.8, 4) is 11.5 Å². The third kappa shape index (κ3) is 2.39. The van der Waals surface area contributed by atoms with Gasteiger partial charge in [-0.2, -0.15) is 0 Å². The fraction of sp³-hybridized carbons (Fsp3) is 0.211. The highest BCUT2D eigenvalue weighted by molar-refractivity contribution is 6.38. The zero-order valence-corrected chi connectivity index (χ0v) is 14.7. The summed E-state index contributed by atoms with van der Waals surface area (Å²) in [4.78, 5) is 32.3. The highest BCUT2D eigenvalue weighted by Gasteiger charge is 2.56. The predicted octanol–water partition coefficient (Wildman–Crippen LogP) is 2.40. The van der Waals surface area contributed by atoms with E-state index >= 15 is 0 Å². The summed E-state index contributed by atoms with van der Waals surface area (Å²) in [5, 5.41) is 4.41. The summed E-state index contributed by atoms with van der Waals surface area (Å²) < 4.78 is 11.0. The molecule has 7 nitrogen and oxygen atoms in total. The average Bonchev–Trinajstić information content (AvgIpc) is 3.22. The van der Waals surface area contributed by atoms with Gasteiger partial charge >= 0.3 is 0 Å². The molecule has 27 heavy (non-hydrogen) atoms. The van der Waals surface area contributed by atoms with E-state index in [9.17, 15) is 9.59 Å². The molecule has 1 saturated heterocycles. The lowest BCUT2D eigenvalue weighted by Crippen LogP contribution is -2.33. The molecule has 2 aromatic rings. The molecule has 0 radical (unpaired) electrons. The Kier molecular flexibility index (Phi) is 3.58. The van der Waals surface area contributed by atoms with E-state index in [1.807, 2.05) is 0 Å². The van der Waals surface area contributed by atoms with Crippen molar-refractivity contribution in [2.24, 2.45) is 11.1 Å². The third-order valence-corrected chi connectivity index (χ3v) is 5.08. The molecule has 3 aliphatic heterocycles. The number of ether oxygens (including phenoxy) is 2. The van der Waals surface area contributed by atoms with E-state index in [1.165, 1.54) is 0 Å². The normalized spacial score (nSPS) is 23.1. The number of nitrogens with zero attached hydrogens (tertiary/aromatic N) is 2. The van der Waals surface area contributed by atoms with Crippen molar-refractivity contribution in [1.82, 2.24) is 0 Å². The second-order valence-corrected chi connectivity index (χ2v) is 6.71. The van der Waals surface area contributed by atoms with Crippen molar-refractivity contribution in [1.29, 1.82) is 0 Å². The van der Waals surface area contributed by atoms with E-state index in [4.69, 9.17) is 25.9 Å². The van der Waals surface area contributed by atoms with Crippen LogP contribution in [0.2, 0.25) is 5.02 Å². The maximum atomic E-state index is 13.1. The number of rotatable bonds is 2. The van der Waals surface area contributed by atoms with Gasteiger partial charge in [-0.05, 0) is 18.2 Å². The summed E-state index contributed by atoms with van der Waals surface area (Å²) in [6, 6.07) is 12.0. The standard InChI is InChI=1S/C19H13ClN2O5/c20-12-4-2-1-3-11(12)16-15-17(27-21-16)19(24)22(18(15)23)10-5-6-13-14(9-10)26-8-7-25-13/h1-6,9,15,17H,7-8H2/t15-,17-/m0/s1. The van der Waals surface area contributed by atoms with Crippen LogP contribution in [0.5, 0.6) is 11.5 Å². The van der Waals surface area contributed by atoms with Crippen molar-refractivity contribution >= 4 is 34.8 Å². The van der Waals surface area contributed by atoms with Crippen LogP contribution in [0.1, 0.15) is 5.56 Å². The lowest BCUT2D eigenvalue weighted by molar-refractivity contribution is -0.126. The molecule has 136 valence electrons. The molecule has 0 bridgehead atoms. The first-order valence-electron chi connectivity index (χ1n) is 8.41. The van der Waals surface area contributed by atoms with E-state index in [0.717, 1.165) is 4.90 Å². The van der Waals surface area contributed by atoms with Crippen LogP contribution in [-0.4, -0.2) is 36.8 Å². The van der Waals surface area contributed by atoms with Gasteiger partial charge < -0.3 is 14.3 Å². The van der Waals surface area contributed by atoms with Crippen LogP contribution in [0.3, 0.4) is 0 Å². The van der Waals surface area contributed by atoms with Gasteiger partial charge in [0.1, 0.15) is 24.8 Å². The number of hydrogen-bond donors (Lipinski definition) is 0. The van der Waals surface area contributed by atoms with Crippen molar-refractivity contribution in [3.05, 3.63) is 53.1 Å². The predicted molar refractivity (Wildman–Crippen MR) is 96.3 cm³/mol. The Morgan fingerprint density at radius 3 is 2.59 bits per heavy atom. The van der Waals surface area contributed by atoms with Crippen LogP contribution in [0.15, 0.2) is 47.6 Å². The smallest absolute Gasteiger partial charge is 0.278 e. The number of halogens is 1. The first-order chi connectivity index (χ1) is 13.1. The molecule has 0 unspecified atom stereocenters. The Morgan fingerprint density at radius 2 is 1.78 bits per heavy atom. The first kappa shape index (κ1) is 16.1. The highest BCUT2D eigenvalue weighted by atomic mass is 35.5. The number of fused-ring (bicyclic) bond motifs is 2. The monoisotopic (exact) mass is 384 g/mol. The second kappa shape index (κ2) is 5.99. The number of imide groups is 1. The minimum atomic E-state index is -0.989. The summed E-state index contributed by atoms with van der Waals surface area (Å²) in [6.07, 6.45) is -0.989. The molecule has 0 spiro atoms. The van der Waals surface area contributed by atoms with Gasteiger partial charge in [0.05, 0.1) is 5.69 Å². The van der Waals surface area contributed by atoms with Gasteiger partial charge in [-0.25, -0.2) is 4.90 Å². The van der Waals surface area contributed by atoms with Crippen molar-refractivity contribution in [2.75, 3.05) is 18.1 Å². The Bertz CT molecular complexity index is 1010. The Labute approximate surface area is 159 Å². The van der Waals surface area contributed by atoms with Crippen molar-refractivity contribution in [3.63, 3.8) is 0 Å². The van der Waals surface area contributed by atoms with Gasteiger partial charge in [-0.3, -0.25) is 9.59 Å². The van der Waals surface area contributed by atoms with Gasteiger partial charge in [0.15, 0.2) is 11.5 Å². The first-order valence-corrected chi connectivity index (χ1v) is 8.79. The molecule has 0 N–H and O–H groups in total. The quantitative estimate of drug-likeness (QED) is 0.743. The number of hydrogen-bond acceptors (Lipinski definition) is 6. The molecule has 0 aromatic heterocycles. The Morgan fingerprint density at radius 1 is 1.00 bits per heavy atom. The molecular weight excluding hydrogens is 372 g/mol. The van der Waals surface area contributed by atoms with E-state index in [2.05, 4.69) is 5.16 Å². The van der Waals surface area contributed by atoms with Crippen molar-refractivity contribution in [2.45, 2.75) is 6.10 Å². The van der Waals surface area contributed by atoms with E-state index < -0.39 is 23.8 Å². The van der Waals surface area contributed by atoms with Crippen LogP contribution < -0.4 is 14.4 Å². The van der Waals surface area contributed by atoms with Gasteiger partial charge in [0.25, 0.3) is 5.91 Å². The molecule has 5 rings (SSSR count). The summed E-state index contributed by atoms with van der Waals surface area (Å²) in [6.45, 7) is 0.875. The van der Waals surface area contributed by atoms with Gasteiger partial charge in [0, 0.05) is 16.7 Å². The van der Waals surface area contributed by atoms with Crippen LogP contribution in [0.25, 0.3) is 0 Å². The lowest BCUT2D eigenvalue weighted by atomic mass is 9.94. The molecule has 8 heteroatoms. The van der Waals surface area contributed by atoms with Gasteiger partial charge in [-0.15, -0.1) is 0 Å². The topological polar surface area (TPSA) is 77.4 Å². The van der Waals surface area contributed by atoms with E-state index in [0.29, 0.717) is 46.7 Å². The number of benzene rings is 2. The number of anilines is 1. The maximum absolute atomic E-state index is 13.1. The van der Waals surface area contributed by atoms with Crippen LogP contribution in [0.4, 0.5) is 5.69 Å².